The number of furan rings is 1. The van der Waals surface area contributed by atoms with E-state index in [-0.39, 0.29) is 35.0 Å². The average Bonchev–Trinajstić information content (AvgIpc) is 3.44. The zero-order valence-corrected chi connectivity index (χ0v) is 23.8. The molecule has 10 heteroatoms. The molecule has 1 fully saturated rings. The molecule has 41 heavy (non-hydrogen) atoms. The second-order valence-corrected chi connectivity index (χ2v) is 11.2. The molecule has 1 aliphatic carbocycles. The lowest BCUT2D eigenvalue weighted by Crippen LogP contribution is -2.39. The van der Waals surface area contributed by atoms with Gasteiger partial charge in [-0.05, 0) is 67.8 Å². The fraction of sp³-hybridized carbons (Fsp3) is 0.290. The van der Waals surface area contributed by atoms with Gasteiger partial charge in [-0.2, -0.15) is 0 Å². The lowest BCUT2D eigenvalue weighted by Gasteiger charge is -2.26. The van der Waals surface area contributed by atoms with Crippen molar-refractivity contribution in [2.45, 2.75) is 57.5 Å². The smallest absolute Gasteiger partial charge is 0.341 e. The van der Waals surface area contributed by atoms with E-state index < -0.39 is 23.3 Å². The summed E-state index contributed by atoms with van der Waals surface area (Å²) in [6, 6.07) is 12.4. The molecule has 0 spiro atoms. The van der Waals surface area contributed by atoms with E-state index >= 15 is 0 Å². The molecular formula is C31H28Cl2N2O6. The van der Waals surface area contributed by atoms with Crippen molar-refractivity contribution in [3.63, 3.8) is 0 Å². The number of amides is 1. The number of hydrogen-bond donors (Lipinski definition) is 2. The monoisotopic (exact) mass is 594 g/mol. The Kier molecular flexibility index (Phi) is 8.33. The molecule has 212 valence electrons. The maximum atomic E-state index is 13.1. The third kappa shape index (κ3) is 6.09. The largest absolute Gasteiger partial charge is 0.477 e. The first kappa shape index (κ1) is 28.6. The third-order valence-corrected chi connectivity index (χ3v) is 8.08. The Morgan fingerprint density at radius 1 is 1.05 bits per heavy atom. The Morgan fingerprint density at radius 3 is 2.51 bits per heavy atom. The van der Waals surface area contributed by atoms with Crippen LogP contribution in [0, 0.1) is 0 Å². The van der Waals surface area contributed by atoms with Crippen LogP contribution in [0.5, 0.6) is 0 Å². The fourth-order valence-electron chi connectivity index (χ4n) is 5.32. The molecule has 1 amide bonds. The molecule has 0 radical (unpaired) electrons. The van der Waals surface area contributed by atoms with E-state index in [0.717, 1.165) is 32.1 Å². The van der Waals surface area contributed by atoms with Gasteiger partial charge in [-0.25, -0.2) is 4.79 Å². The second kappa shape index (κ2) is 11.9. The zero-order chi connectivity index (χ0) is 29.3. The molecule has 8 nitrogen and oxygen atoms in total. The highest BCUT2D eigenvalue weighted by molar-refractivity contribution is 6.36. The number of carboxylic acids is 1. The number of fused-ring (bicyclic) bond motifs is 1. The predicted octanol–water partition coefficient (Wildman–Crippen LogP) is 6.70. The molecule has 0 saturated heterocycles. The Labute approximate surface area is 245 Å². The van der Waals surface area contributed by atoms with E-state index in [4.69, 9.17) is 27.6 Å². The minimum Gasteiger partial charge on any atom is -0.477 e. The number of carbonyl (C=O) groups excluding carboxylic acids is 2. The predicted molar refractivity (Wildman–Crippen MR) is 157 cm³/mol. The Hall–Kier alpha value is -3.88. The molecule has 4 aromatic rings. The van der Waals surface area contributed by atoms with Gasteiger partial charge in [0.1, 0.15) is 11.3 Å². The third-order valence-electron chi connectivity index (χ3n) is 7.53. The summed E-state index contributed by atoms with van der Waals surface area (Å²) in [5.74, 6) is -1.74. The maximum absolute atomic E-state index is 13.1. The van der Waals surface area contributed by atoms with Crippen molar-refractivity contribution in [1.29, 1.82) is 0 Å². The van der Waals surface area contributed by atoms with Crippen LogP contribution in [-0.4, -0.2) is 33.4 Å². The fourth-order valence-corrected chi connectivity index (χ4v) is 5.82. The molecular weight excluding hydrogens is 567 g/mol. The Morgan fingerprint density at radius 2 is 1.80 bits per heavy atom. The summed E-state index contributed by atoms with van der Waals surface area (Å²) in [5, 5.41) is 13.4. The van der Waals surface area contributed by atoms with Crippen molar-refractivity contribution in [3.8, 4) is 11.3 Å². The first-order valence-electron chi connectivity index (χ1n) is 13.4. The van der Waals surface area contributed by atoms with Gasteiger partial charge in [0.25, 0.3) is 5.91 Å². The highest BCUT2D eigenvalue weighted by Crippen LogP contribution is 2.32. The van der Waals surface area contributed by atoms with Gasteiger partial charge < -0.3 is 19.4 Å². The van der Waals surface area contributed by atoms with Gasteiger partial charge in [-0.3, -0.25) is 14.4 Å². The molecule has 1 saturated carbocycles. The van der Waals surface area contributed by atoms with Crippen LogP contribution in [0.15, 0.2) is 63.9 Å². The number of nitrogens with one attached hydrogen (secondary N) is 1. The number of aromatic nitrogens is 1. The van der Waals surface area contributed by atoms with Crippen molar-refractivity contribution in [1.82, 2.24) is 9.88 Å². The van der Waals surface area contributed by atoms with Gasteiger partial charge in [0.2, 0.25) is 5.43 Å². The van der Waals surface area contributed by atoms with Gasteiger partial charge in [-0.15, -0.1) is 0 Å². The average molecular weight is 595 g/mol. The second-order valence-electron chi connectivity index (χ2n) is 10.4. The molecule has 1 atom stereocenters. The van der Waals surface area contributed by atoms with Gasteiger partial charge in [0.15, 0.2) is 11.5 Å². The van der Waals surface area contributed by atoms with Crippen LogP contribution in [0.4, 0.5) is 0 Å². The summed E-state index contributed by atoms with van der Waals surface area (Å²) in [6.45, 7) is 1.57. The van der Waals surface area contributed by atoms with Crippen LogP contribution in [0.3, 0.4) is 0 Å². The topological polar surface area (TPSA) is 119 Å². The summed E-state index contributed by atoms with van der Waals surface area (Å²) < 4.78 is 7.57. The van der Waals surface area contributed by atoms with Crippen LogP contribution >= 0.6 is 23.2 Å². The van der Waals surface area contributed by atoms with Crippen LogP contribution < -0.4 is 10.7 Å². The first-order chi connectivity index (χ1) is 19.6. The molecule has 2 heterocycles. The van der Waals surface area contributed by atoms with Crippen LogP contribution in [0.1, 0.15) is 71.5 Å². The molecule has 5 rings (SSSR count). The van der Waals surface area contributed by atoms with Crippen LogP contribution in [0.2, 0.25) is 10.0 Å². The number of carbonyl (C=O) groups is 3. The molecule has 0 bridgehead atoms. The zero-order valence-electron chi connectivity index (χ0n) is 22.3. The normalized spacial score (nSPS) is 14.6. The van der Waals surface area contributed by atoms with Crippen molar-refractivity contribution >= 4 is 51.8 Å². The van der Waals surface area contributed by atoms with E-state index in [2.05, 4.69) is 5.32 Å². The number of Topliss-reactive ketones (excluding diaryl/α,β-unsaturated/α-hetero) is 1. The minimum atomic E-state index is -1.28. The van der Waals surface area contributed by atoms with E-state index in [1.807, 2.05) is 4.57 Å². The van der Waals surface area contributed by atoms with E-state index in [0.29, 0.717) is 32.4 Å². The van der Waals surface area contributed by atoms with Gasteiger partial charge in [0, 0.05) is 34.6 Å². The number of halogens is 2. The molecule has 0 aliphatic heterocycles. The highest BCUT2D eigenvalue weighted by Gasteiger charge is 2.23. The summed E-state index contributed by atoms with van der Waals surface area (Å²) in [7, 11) is 0. The maximum Gasteiger partial charge on any atom is 0.341 e. The Bertz CT molecular complexity index is 1720. The molecule has 2 aromatic heterocycles. The van der Waals surface area contributed by atoms with Gasteiger partial charge in [-0.1, -0.05) is 48.5 Å². The van der Waals surface area contributed by atoms with E-state index in [1.54, 1.807) is 49.4 Å². The SMILES string of the molecule is C[C@H](NC(=O)c1ccc(-c2ccc(Cl)cc2Cl)o1)C(=O)Cc1ccc2c(c1)c(=O)c(C(=O)O)cn2C1CCCCC1. The quantitative estimate of drug-likeness (QED) is 0.234. The summed E-state index contributed by atoms with van der Waals surface area (Å²) >= 11 is 12.2. The van der Waals surface area contributed by atoms with Crippen LogP contribution in [0.25, 0.3) is 22.2 Å². The molecule has 2 aromatic carbocycles. The van der Waals surface area contributed by atoms with E-state index in [1.165, 1.54) is 12.3 Å². The number of benzene rings is 2. The number of hydrogen-bond acceptors (Lipinski definition) is 5. The summed E-state index contributed by atoms with van der Waals surface area (Å²) in [6.07, 6.45) is 6.46. The molecule has 1 aliphatic rings. The minimum absolute atomic E-state index is 0.0147. The lowest BCUT2D eigenvalue weighted by atomic mass is 9.94. The van der Waals surface area contributed by atoms with Crippen molar-refractivity contribution < 1.29 is 23.9 Å². The Balaban J connectivity index is 1.33. The van der Waals surface area contributed by atoms with Crippen molar-refractivity contribution in [2.75, 3.05) is 0 Å². The highest BCUT2D eigenvalue weighted by atomic mass is 35.5. The number of carboxylic acid groups (broad SMARTS) is 1. The lowest BCUT2D eigenvalue weighted by molar-refractivity contribution is -0.119. The summed E-state index contributed by atoms with van der Waals surface area (Å²) in [5.41, 5.74) is 0.911. The van der Waals surface area contributed by atoms with Gasteiger partial charge >= 0.3 is 5.97 Å². The molecule has 2 N–H and O–H groups in total. The van der Waals surface area contributed by atoms with E-state index in [9.17, 15) is 24.3 Å². The number of aromatic carboxylic acids is 1. The standard InChI is InChI=1S/C31H28Cl2N2O6/c1-17(34-30(38)28-12-11-27(41-28)21-9-8-19(32)15-24(21)33)26(36)14-18-7-10-25-22(13-18)29(37)23(31(39)40)16-35(25)20-5-3-2-4-6-20/h7-13,15-17,20H,2-6,14H2,1H3,(H,34,38)(H,39,40)/t17-/m0/s1. The number of ketones is 1. The number of pyridine rings is 1. The number of rotatable bonds is 8. The first-order valence-corrected chi connectivity index (χ1v) is 14.2. The summed E-state index contributed by atoms with van der Waals surface area (Å²) in [4.78, 5) is 50.8. The number of nitrogens with zero attached hydrogens (tertiary/aromatic N) is 1. The van der Waals surface area contributed by atoms with Crippen LogP contribution in [-0.2, 0) is 11.2 Å². The van der Waals surface area contributed by atoms with Crippen molar-refractivity contribution in [3.05, 3.63) is 91.9 Å². The molecule has 0 unspecified atom stereocenters. The van der Waals surface area contributed by atoms with Crippen molar-refractivity contribution in [2.24, 2.45) is 0 Å². The van der Waals surface area contributed by atoms with Gasteiger partial charge in [0.05, 0.1) is 16.6 Å².